The Hall–Kier alpha value is -2.98. The number of ether oxygens (including phenoxy) is 4. The van der Waals surface area contributed by atoms with E-state index >= 15 is 0 Å². The van der Waals surface area contributed by atoms with Gasteiger partial charge in [-0.25, -0.2) is 4.57 Å². The first-order valence-corrected chi connectivity index (χ1v) is 12.1. The van der Waals surface area contributed by atoms with Crippen molar-refractivity contribution in [2.45, 2.75) is 30.7 Å². The van der Waals surface area contributed by atoms with E-state index in [0.29, 0.717) is 28.2 Å². The van der Waals surface area contributed by atoms with Crippen molar-refractivity contribution in [2.24, 2.45) is 0 Å². The third-order valence-corrected chi connectivity index (χ3v) is 5.83. The quantitative estimate of drug-likeness (QED) is 0.179. The summed E-state index contributed by atoms with van der Waals surface area (Å²) in [5.41, 5.74) is 1.61. The largest absolute Gasteiger partial charge is 0.493 e. The van der Waals surface area contributed by atoms with Crippen molar-refractivity contribution in [3.8, 4) is 23.3 Å². The minimum atomic E-state index is -4.86. The van der Waals surface area contributed by atoms with Crippen molar-refractivity contribution in [3.63, 3.8) is 0 Å². The molecule has 0 radical (unpaired) electrons. The fraction of sp³-hybridized carbons (Fsp3) is 0.348. The Balaban J connectivity index is 1.79. The minimum absolute atomic E-state index is 0.217. The number of hydrogen-bond acceptors (Lipinski definition) is 10. The lowest BCUT2D eigenvalue weighted by Crippen LogP contribution is -2.60. The molecule has 0 spiro atoms. The maximum Gasteiger partial charge on any atom is 0.469 e. The second-order valence-electron chi connectivity index (χ2n) is 7.72. The predicted molar refractivity (Wildman–Crippen MR) is 125 cm³/mol. The van der Waals surface area contributed by atoms with Gasteiger partial charge in [-0.05, 0) is 47.5 Å². The zero-order chi connectivity index (χ0) is 26.5. The van der Waals surface area contributed by atoms with Crippen LogP contribution < -0.4 is 14.2 Å². The van der Waals surface area contributed by atoms with Gasteiger partial charge in [-0.3, -0.25) is 4.52 Å². The third kappa shape index (κ3) is 6.82. The topological polar surface area (TPSA) is 188 Å². The Morgan fingerprint density at radius 1 is 1.06 bits per heavy atom. The van der Waals surface area contributed by atoms with E-state index in [1.807, 2.05) is 0 Å². The van der Waals surface area contributed by atoms with Crippen molar-refractivity contribution in [3.05, 3.63) is 53.6 Å². The summed E-state index contributed by atoms with van der Waals surface area (Å²) < 4.78 is 36.8. The average molecular weight is 523 g/mol. The molecule has 12 nitrogen and oxygen atoms in total. The maximum atomic E-state index is 11.0. The third-order valence-electron chi connectivity index (χ3n) is 5.34. The molecular formula is C23H26NO11P. The number of nitrogens with zero attached hydrogens (tertiary/aromatic N) is 1. The molecule has 5 atom stereocenters. The molecule has 1 aliphatic heterocycles. The number of phosphoric ester groups is 1. The summed E-state index contributed by atoms with van der Waals surface area (Å²) in [5.74, 6) is 1.21. The average Bonchev–Trinajstić information content (AvgIpc) is 2.86. The number of nitriles is 1. The lowest BCUT2D eigenvalue weighted by Gasteiger charge is -2.40. The summed E-state index contributed by atoms with van der Waals surface area (Å²) in [4.78, 5) is 17.9. The van der Waals surface area contributed by atoms with Crippen LogP contribution in [0.5, 0.6) is 17.2 Å². The lowest BCUT2D eigenvalue weighted by atomic mass is 9.99. The molecule has 0 aromatic heterocycles. The number of aliphatic hydroxyl groups excluding tert-OH is 3. The zero-order valence-electron chi connectivity index (χ0n) is 19.3. The van der Waals surface area contributed by atoms with Gasteiger partial charge < -0.3 is 44.1 Å². The van der Waals surface area contributed by atoms with Gasteiger partial charge in [0.05, 0.1) is 32.5 Å². The molecule has 3 rings (SSSR count). The fourth-order valence-electron chi connectivity index (χ4n) is 3.52. The van der Waals surface area contributed by atoms with Gasteiger partial charge in [-0.15, -0.1) is 0 Å². The summed E-state index contributed by atoms with van der Waals surface area (Å²) in [6, 6.07) is 13.5. The van der Waals surface area contributed by atoms with Crippen LogP contribution in [0.4, 0.5) is 0 Å². The highest BCUT2D eigenvalue weighted by Gasteiger charge is 2.46. The maximum absolute atomic E-state index is 11.0. The number of aliphatic hydroxyl groups is 3. The van der Waals surface area contributed by atoms with E-state index in [9.17, 15) is 25.1 Å². The lowest BCUT2D eigenvalue weighted by molar-refractivity contribution is -0.281. The molecule has 2 aromatic carbocycles. The van der Waals surface area contributed by atoms with Crippen LogP contribution in [-0.2, 0) is 13.8 Å². The number of methoxy groups -OCH3 is 2. The summed E-state index contributed by atoms with van der Waals surface area (Å²) in [6.45, 7) is -0.715. The summed E-state index contributed by atoms with van der Waals surface area (Å²) in [7, 11) is -1.86. The van der Waals surface area contributed by atoms with Crippen LogP contribution in [-0.4, -0.2) is 76.6 Å². The monoisotopic (exact) mass is 523 g/mol. The Labute approximate surface area is 206 Å². The Kier molecular flexibility index (Phi) is 9.08. The van der Waals surface area contributed by atoms with Gasteiger partial charge in [-0.1, -0.05) is 12.1 Å². The smallest absolute Gasteiger partial charge is 0.469 e. The molecule has 0 saturated carbocycles. The van der Waals surface area contributed by atoms with E-state index in [2.05, 4.69) is 10.6 Å². The number of hydrogen-bond donors (Lipinski definition) is 5. The molecule has 5 N–H and O–H groups in total. The molecule has 1 saturated heterocycles. The summed E-state index contributed by atoms with van der Waals surface area (Å²) >= 11 is 0. The van der Waals surface area contributed by atoms with Crippen molar-refractivity contribution in [1.82, 2.24) is 0 Å². The van der Waals surface area contributed by atoms with Crippen molar-refractivity contribution in [1.29, 1.82) is 5.26 Å². The van der Waals surface area contributed by atoms with E-state index < -0.39 is 45.1 Å². The molecule has 13 heteroatoms. The van der Waals surface area contributed by atoms with E-state index in [-0.39, 0.29) is 5.75 Å². The molecule has 0 aliphatic carbocycles. The van der Waals surface area contributed by atoms with Crippen LogP contribution in [0.15, 0.2) is 42.5 Å². The normalized spacial score (nSPS) is 24.6. The summed E-state index contributed by atoms with van der Waals surface area (Å²) in [5, 5.41) is 39.7. The van der Waals surface area contributed by atoms with Crippen molar-refractivity contribution in [2.75, 3.05) is 20.8 Å². The molecule has 2 aromatic rings. The van der Waals surface area contributed by atoms with Gasteiger partial charge in [0.2, 0.25) is 0 Å². The van der Waals surface area contributed by atoms with Crippen molar-refractivity contribution >= 4 is 19.5 Å². The summed E-state index contributed by atoms with van der Waals surface area (Å²) in [6.07, 6.45) is -6.16. The first-order valence-electron chi connectivity index (χ1n) is 10.6. The van der Waals surface area contributed by atoms with E-state index in [0.717, 1.165) is 0 Å². The molecule has 1 aliphatic rings. The Morgan fingerprint density at radius 2 is 1.72 bits per heavy atom. The first-order chi connectivity index (χ1) is 17.1. The molecule has 5 unspecified atom stereocenters. The van der Waals surface area contributed by atoms with Gasteiger partial charge in [0.1, 0.15) is 24.1 Å². The highest BCUT2D eigenvalue weighted by molar-refractivity contribution is 7.46. The number of rotatable bonds is 9. The van der Waals surface area contributed by atoms with E-state index in [1.54, 1.807) is 36.4 Å². The van der Waals surface area contributed by atoms with Crippen LogP contribution >= 0.6 is 7.82 Å². The van der Waals surface area contributed by atoms with Crippen LogP contribution in [0.25, 0.3) is 11.6 Å². The van der Waals surface area contributed by atoms with Gasteiger partial charge in [0.15, 0.2) is 23.9 Å². The highest BCUT2D eigenvalue weighted by atomic mass is 31.2. The Morgan fingerprint density at radius 3 is 2.31 bits per heavy atom. The molecule has 1 fully saturated rings. The highest BCUT2D eigenvalue weighted by Crippen LogP contribution is 2.37. The Bertz CT molecular complexity index is 1160. The van der Waals surface area contributed by atoms with Crippen LogP contribution in [0, 0.1) is 11.3 Å². The number of allylic oxidation sites excluding steroid dienone is 1. The van der Waals surface area contributed by atoms with Crippen LogP contribution in [0.1, 0.15) is 11.1 Å². The standard InChI is InChI=1S/C23H26NO11P/c1-31-17-8-5-14(10-18(17)32-2)15(11-24)9-13-3-6-16(7-4-13)34-22-19(12-33-36(28,29)30)35-23(27)21(26)20(22)25/h3-10,19-23,25-27H,12H2,1-2H3,(H2,28,29,30)/b15-9+. The van der Waals surface area contributed by atoms with Crippen molar-refractivity contribution < 1.29 is 53.1 Å². The number of benzene rings is 2. The minimum Gasteiger partial charge on any atom is -0.493 e. The molecule has 36 heavy (non-hydrogen) atoms. The van der Waals surface area contributed by atoms with Crippen LogP contribution in [0.2, 0.25) is 0 Å². The molecular weight excluding hydrogens is 497 g/mol. The van der Waals surface area contributed by atoms with E-state index in [4.69, 9.17) is 28.7 Å². The van der Waals surface area contributed by atoms with Gasteiger partial charge >= 0.3 is 7.82 Å². The van der Waals surface area contributed by atoms with E-state index in [1.165, 1.54) is 26.4 Å². The van der Waals surface area contributed by atoms with Crippen LogP contribution in [0.3, 0.4) is 0 Å². The molecule has 1 heterocycles. The van der Waals surface area contributed by atoms with Gasteiger partial charge in [0.25, 0.3) is 0 Å². The molecule has 0 bridgehead atoms. The van der Waals surface area contributed by atoms with Gasteiger partial charge in [0, 0.05) is 0 Å². The second-order valence-corrected chi connectivity index (χ2v) is 8.96. The van der Waals surface area contributed by atoms with Gasteiger partial charge in [-0.2, -0.15) is 5.26 Å². The first kappa shape index (κ1) is 27.6. The molecule has 0 amide bonds. The SMILES string of the molecule is COc1ccc(/C(C#N)=C/c2ccc(OC3C(COP(=O)(O)O)OC(O)C(O)C3O)cc2)cc1OC. The second kappa shape index (κ2) is 11.8. The molecule has 194 valence electrons. The predicted octanol–water partition coefficient (Wildman–Crippen LogP) is 1.06. The number of phosphoric acid groups is 1. The fourth-order valence-corrected chi connectivity index (χ4v) is 3.86. The zero-order valence-corrected chi connectivity index (χ0v) is 20.2.